The number of nitrogens with one attached hydrogen (secondary N) is 2. The van der Waals surface area contributed by atoms with Gasteiger partial charge in [0.15, 0.2) is 5.11 Å². The van der Waals surface area contributed by atoms with Crippen LogP contribution in [0.2, 0.25) is 0 Å². The number of thiocarbonyl (C=S) groups is 1. The van der Waals surface area contributed by atoms with Crippen molar-refractivity contribution >= 4 is 29.3 Å². The molecule has 1 rings (SSSR count). The maximum Gasteiger partial charge on any atom is 0.250 e. The number of hydrogen-bond donors (Lipinski definition) is 2. The van der Waals surface area contributed by atoms with Gasteiger partial charge in [-0.25, -0.2) is 0 Å². The van der Waals surface area contributed by atoms with Gasteiger partial charge in [-0.15, -0.1) is 0 Å². The van der Waals surface area contributed by atoms with Crippen LogP contribution in [-0.4, -0.2) is 24.7 Å². The Kier molecular flexibility index (Phi) is 5.87. The Morgan fingerprint density at radius 2 is 2.17 bits per heavy atom. The summed E-state index contributed by atoms with van der Waals surface area (Å²) in [7, 11) is 1.59. The van der Waals surface area contributed by atoms with Crippen LogP contribution in [0.3, 0.4) is 0 Å². The highest BCUT2D eigenvalue weighted by atomic mass is 32.1. The van der Waals surface area contributed by atoms with E-state index >= 15 is 0 Å². The van der Waals surface area contributed by atoms with E-state index < -0.39 is 0 Å². The maximum atomic E-state index is 11.5. The Morgan fingerprint density at radius 3 is 2.83 bits per heavy atom. The largest absolute Gasteiger partial charge is 0.496 e. The Bertz CT molecular complexity index is 458. The van der Waals surface area contributed by atoms with Gasteiger partial charge in [0.2, 0.25) is 5.91 Å². The van der Waals surface area contributed by atoms with E-state index in [4.69, 9.17) is 17.0 Å². The van der Waals surface area contributed by atoms with Crippen molar-refractivity contribution in [3.8, 4) is 5.75 Å². The summed E-state index contributed by atoms with van der Waals surface area (Å²) in [5.74, 6) is 0.447. The molecule has 0 aliphatic heterocycles. The van der Waals surface area contributed by atoms with E-state index in [1.807, 2.05) is 31.2 Å². The molecule has 1 aromatic carbocycles. The molecule has 0 saturated heterocycles. The zero-order chi connectivity index (χ0) is 13.4. The van der Waals surface area contributed by atoms with Gasteiger partial charge in [0.1, 0.15) is 5.75 Å². The number of amides is 1. The van der Waals surface area contributed by atoms with Crippen LogP contribution >= 0.6 is 12.2 Å². The molecule has 0 atom stereocenters. The van der Waals surface area contributed by atoms with Gasteiger partial charge in [-0.05, 0) is 31.3 Å². The number of methoxy groups -OCH3 is 1. The summed E-state index contributed by atoms with van der Waals surface area (Å²) in [6.45, 7) is 2.58. The lowest BCUT2D eigenvalue weighted by atomic mass is 10.2. The third kappa shape index (κ3) is 4.55. The van der Waals surface area contributed by atoms with Crippen molar-refractivity contribution in [2.45, 2.75) is 6.92 Å². The molecule has 0 unspecified atom stereocenters. The molecule has 4 nitrogen and oxygen atoms in total. The van der Waals surface area contributed by atoms with Gasteiger partial charge in [0.25, 0.3) is 0 Å². The highest BCUT2D eigenvalue weighted by Gasteiger charge is 2.00. The van der Waals surface area contributed by atoms with Crippen LogP contribution in [0, 0.1) is 0 Å². The van der Waals surface area contributed by atoms with E-state index in [-0.39, 0.29) is 5.91 Å². The van der Waals surface area contributed by atoms with E-state index in [1.54, 1.807) is 13.2 Å². The van der Waals surface area contributed by atoms with Crippen LogP contribution in [0.25, 0.3) is 6.08 Å². The lowest BCUT2D eigenvalue weighted by Gasteiger charge is -2.05. The number of carbonyl (C=O) groups is 1. The Morgan fingerprint density at radius 1 is 1.44 bits per heavy atom. The fraction of sp³-hybridized carbons (Fsp3) is 0.231. The lowest BCUT2D eigenvalue weighted by Crippen LogP contribution is -2.38. The van der Waals surface area contributed by atoms with Gasteiger partial charge in [0, 0.05) is 18.2 Å². The van der Waals surface area contributed by atoms with Crippen LogP contribution in [0.4, 0.5) is 0 Å². The minimum absolute atomic E-state index is 0.271. The summed E-state index contributed by atoms with van der Waals surface area (Å²) in [4.78, 5) is 11.5. The van der Waals surface area contributed by atoms with Gasteiger partial charge in [0.05, 0.1) is 7.11 Å². The molecule has 0 radical (unpaired) electrons. The van der Waals surface area contributed by atoms with Crippen molar-refractivity contribution in [3.05, 3.63) is 35.9 Å². The summed E-state index contributed by atoms with van der Waals surface area (Å²) < 4.78 is 5.18. The monoisotopic (exact) mass is 264 g/mol. The smallest absolute Gasteiger partial charge is 0.250 e. The van der Waals surface area contributed by atoms with Crippen molar-refractivity contribution in [3.63, 3.8) is 0 Å². The molecule has 0 bridgehead atoms. The fourth-order valence-corrected chi connectivity index (χ4v) is 1.57. The molecular weight excluding hydrogens is 248 g/mol. The third-order valence-corrected chi connectivity index (χ3v) is 2.37. The molecule has 0 aromatic heterocycles. The van der Waals surface area contributed by atoms with Crippen molar-refractivity contribution in [2.24, 2.45) is 0 Å². The first-order chi connectivity index (χ1) is 8.67. The molecule has 0 saturated carbocycles. The van der Waals surface area contributed by atoms with Crippen molar-refractivity contribution in [1.29, 1.82) is 0 Å². The van der Waals surface area contributed by atoms with Crippen molar-refractivity contribution in [1.82, 2.24) is 10.6 Å². The highest BCUT2D eigenvalue weighted by Crippen LogP contribution is 2.18. The molecule has 1 aromatic rings. The van der Waals surface area contributed by atoms with Crippen molar-refractivity contribution in [2.75, 3.05) is 13.7 Å². The molecule has 0 fully saturated rings. The van der Waals surface area contributed by atoms with E-state index in [1.165, 1.54) is 6.08 Å². The molecule has 2 N–H and O–H groups in total. The van der Waals surface area contributed by atoms with Crippen LogP contribution in [0.15, 0.2) is 30.3 Å². The second-order valence-electron chi connectivity index (χ2n) is 3.42. The summed E-state index contributed by atoms with van der Waals surface area (Å²) in [6, 6.07) is 7.45. The quantitative estimate of drug-likeness (QED) is 0.642. The standard InChI is InChI=1S/C13H16N2O2S/c1-3-14-13(18)15-12(16)9-8-10-6-4-5-7-11(10)17-2/h4-9H,3H2,1-2H3,(H2,14,15,16,18)/b9-8+. The average molecular weight is 264 g/mol. The highest BCUT2D eigenvalue weighted by molar-refractivity contribution is 7.80. The fourth-order valence-electron chi connectivity index (χ4n) is 1.33. The van der Waals surface area contributed by atoms with Crippen LogP contribution in [-0.2, 0) is 4.79 Å². The summed E-state index contributed by atoms with van der Waals surface area (Å²) >= 11 is 4.91. The van der Waals surface area contributed by atoms with Crippen LogP contribution < -0.4 is 15.4 Å². The molecular formula is C13H16N2O2S. The topological polar surface area (TPSA) is 50.4 Å². The van der Waals surface area contributed by atoms with E-state index in [9.17, 15) is 4.79 Å². The predicted molar refractivity (Wildman–Crippen MR) is 76.4 cm³/mol. The zero-order valence-corrected chi connectivity index (χ0v) is 11.2. The number of para-hydroxylation sites is 1. The van der Waals surface area contributed by atoms with Gasteiger partial charge in [-0.1, -0.05) is 18.2 Å². The Balaban J connectivity index is 2.63. The lowest BCUT2D eigenvalue weighted by molar-refractivity contribution is -0.115. The van der Waals surface area contributed by atoms with E-state index in [0.29, 0.717) is 11.7 Å². The number of ether oxygens (including phenoxy) is 1. The predicted octanol–water partition coefficient (Wildman–Crippen LogP) is 1.72. The Labute approximate surface area is 112 Å². The SMILES string of the molecule is CCNC(=S)NC(=O)/C=C/c1ccccc1OC. The van der Waals surface area contributed by atoms with Gasteiger partial charge < -0.3 is 10.1 Å². The second-order valence-corrected chi connectivity index (χ2v) is 3.83. The van der Waals surface area contributed by atoms with E-state index in [0.717, 1.165) is 11.3 Å². The maximum absolute atomic E-state index is 11.5. The first-order valence-electron chi connectivity index (χ1n) is 5.57. The number of carbonyl (C=O) groups excluding carboxylic acids is 1. The number of benzene rings is 1. The first-order valence-corrected chi connectivity index (χ1v) is 5.98. The normalized spacial score (nSPS) is 10.1. The Hall–Kier alpha value is -1.88. The second kappa shape index (κ2) is 7.45. The molecule has 0 heterocycles. The molecule has 96 valence electrons. The third-order valence-electron chi connectivity index (χ3n) is 2.13. The average Bonchev–Trinajstić information content (AvgIpc) is 2.37. The molecule has 0 aliphatic rings. The minimum Gasteiger partial charge on any atom is -0.496 e. The minimum atomic E-state index is -0.271. The van der Waals surface area contributed by atoms with Gasteiger partial charge in [-0.2, -0.15) is 0 Å². The van der Waals surface area contributed by atoms with Crippen LogP contribution in [0.1, 0.15) is 12.5 Å². The molecule has 1 amide bonds. The van der Waals surface area contributed by atoms with Gasteiger partial charge in [-0.3, -0.25) is 10.1 Å². The summed E-state index contributed by atoms with van der Waals surface area (Å²) in [5.41, 5.74) is 0.838. The molecule has 5 heteroatoms. The molecule has 0 spiro atoms. The number of hydrogen-bond acceptors (Lipinski definition) is 3. The molecule has 18 heavy (non-hydrogen) atoms. The summed E-state index contributed by atoms with van der Waals surface area (Å²) in [6.07, 6.45) is 3.10. The zero-order valence-electron chi connectivity index (χ0n) is 10.4. The van der Waals surface area contributed by atoms with Crippen molar-refractivity contribution < 1.29 is 9.53 Å². The van der Waals surface area contributed by atoms with Crippen LogP contribution in [0.5, 0.6) is 5.75 Å². The first kappa shape index (κ1) is 14.2. The number of rotatable bonds is 4. The summed E-state index contributed by atoms with van der Waals surface area (Å²) in [5, 5.41) is 5.71. The van der Waals surface area contributed by atoms with E-state index in [2.05, 4.69) is 10.6 Å². The molecule has 0 aliphatic carbocycles. The van der Waals surface area contributed by atoms with Gasteiger partial charge >= 0.3 is 0 Å².